The van der Waals surface area contributed by atoms with Crippen LogP contribution in [0.2, 0.25) is 0 Å². The minimum Gasteiger partial charge on any atom is -0.508 e. The molecule has 0 amide bonds. The van der Waals surface area contributed by atoms with E-state index in [0.717, 1.165) is 18.4 Å². The first kappa shape index (κ1) is 11.7. The third-order valence-electron chi connectivity index (χ3n) is 1.79. The molecule has 0 saturated heterocycles. The summed E-state index contributed by atoms with van der Waals surface area (Å²) < 4.78 is 0. The van der Waals surface area contributed by atoms with E-state index in [1.54, 1.807) is 6.07 Å². The van der Waals surface area contributed by atoms with Gasteiger partial charge in [-0.2, -0.15) is 0 Å². The van der Waals surface area contributed by atoms with Crippen LogP contribution in [0, 0.1) is 0 Å². The smallest absolute Gasteiger partial charge is 0.118 e. The van der Waals surface area contributed by atoms with Gasteiger partial charge in [0, 0.05) is 21.1 Å². The maximum atomic E-state index is 9.34. The molecule has 1 aromatic rings. The zero-order chi connectivity index (χ0) is 8.10. The normalized spacial score (nSPS) is 9.08. The Morgan fingerprint density at radius 2 is 1.92 bits per heavy atom. The molecule has 0 radical (unpaired) electrons. The maximum absolute atomic E-state index is 9.34. The van der Waals surface area contributed by atoms with Crippen molar-refractivity contribution in [3.63, 3.8) is 0 Å². The van der Waals surface area contributed by atoms with Crippen molar-refractivity contribution in [1.82, 2.24) is 0 Å². The first-order valence-electron chi connectivity index (χ1n) is 4.11. The number of para-hydroxylation sites is 1. The van der Waals surface area contributed by atoms with E-state index in [1.807, 2.05) is 18.2 Å². The molecule has 0 aliphatic rings. The molecule has 66 valence electrons. The molecule has 2 heteroatoms. The number of hydrogen-bond acceptors (Lipinski definition) is 1. The van der Waals surface area contributed by atoms with E-state index < -0.39 is 0 Å². The van der Waals surface area contributed by atoms with Crippen LogP contribution in [0.5, 0.6) is 5.75 Å². The molecule has 0 aliphatic heterocycles. The zero-order valence-corrected chi connectivity index (χ0v) is 10.2. The first-order valence-corrected chi connectivity index (χ1v) is 4.11. The third-order valence-corrected chi connectivity index (χ3v) is 1.79. The predicted octanol–water partition coefficient (Wildman–Crippen LogP) is 2.73. The Bertz CT molecular complexity index is 223. The molecule has 0 unspecified atom stereocenters. The fraction of sp³-hybridized carbons (Fsp3) is 0.400. The van der Waals surface area contributed by atoms with Crippen LogP contribution >= 0.6 is 0 Å². The van der Waals surface area contributed by atoms with E-state index in [9.17, 15) is 5.11 Å². The van der Waals surface area contributed by atoms with Gasteiger partial charge in [-0.15, -0.1) is 0 Å². The summed E-state index contributed by atoms with van der Waals surface area (Å²) in [5.41, 5.74) is 1.06. The van der Waals surface area contributed by atoms with Crippen molar-refractivity contribution < 1.29 is 26.2 Å². The van der Waals surface area contributed by atoms with Crippen LogP contribution in [-0.4, -0.2) is 5.11 Å². The second-order valence-corrected chi connectivity index (χ2v) is 2.73. The zero-order valence-electron chi connectivity index (χ0n) is 7.29. The van der Waals surface area contributed by atoms with Gasteiger partial charge < -0.3 is 5.11 Å². The number of aryl methyl sites for hydroxylation is 1. The number of phenolic OH excluding ortho intramolecular Hbond substituents is 1. The molecule has 0 aromatic heterocycles. The average Bonchev–Trinajstić information content (AvgIpc) is 2.03. The molecule has 1 nitrogen and oxygen atoms in total. The standard InChI is InChI=1S/C10H14O.W/c1-2-3-6-9-7-4-5-8-10(9)11;/h4-5,7-8,11H,2-3,6H2,1H3;. The Morgan fingerprint density at radius 1 is 1.25 bits per heavy atom. The minimum atomic E-state index is 0. The van der Waals surface area contributed by atoms with Gasteiger partial charge in [0.1, 0.15) is 5.75 Å². The van der Waals surface area contributed by atoms with E-state index in [2.05, 4.69) is 6.92 Å². The van der Waals surface area contributed by atoms with Crippen molar-refractivity contribution in [3.05, 3.63) is 29.8 Å². The second kappa shape index (κ2) is 6.25. The summed E-state index contributed by atoms with van der Waals surface area (Å²) in [5, 5.41) is 9.34. The van der Waals surface area contributed by atoms with E-state index in [0.29, 0.717) is 5.75 Å². The summed E-state index contributed by atoms with van der Waals surface area (Å²) in [6.45, 7) is 2.15. The number of unbranched alkanes of at least 4 members (excludes halogenated alkanes) is 1. The Labute approximate surface area is 88.1 Å². The number of aromatic hydroxyl groups is 1. The summed E-state index contributed by atoms with van der Waals surface area (Å²) in [7, 11) is 0. The van der Waals surface area contributed by atoms with Crippen LogP contribution in [0.25, 0.3) is 0 Å². The second-order valence-electron chi connectivity index (χ2n) is 2.73. The monoisotopic (exact) mass is 334 g/mol. The van der Waals surface area contributed by atoms with E-state index >= 15 is 0 Å². The Balaban J connectivity index is 0.00000121. The van der Waals surface area contributed by atoms with Gasteiger partial charge in [-0.1, -0.05) is 31.5 Å². The summed E-state index contributed by atoms with van der Waals surface area (Å²) in [5.74, 6) is 0.431. The third kappa shape index (κ3) is 3.40. The minimum absolute atomic E-state index is 0. The molecule has 0 aliphatic carbocycles. The molecule has 0 heterocycles. The molecule has 0 saturated carbocycles. The Kier molecular flexibility index (Phi) is 6.10. The van der Waals surface area contributed by atoms with Crippen LogP contribution in [0.15, 0.2) is 24.3 Å². The van der Waals surface area contributed by atoms with Crippen molar-refractivity contribution in [2.45, 2.75) is 26.2 Å². The molecule has 1 N–H and O–H groups in total. The van der Waals surface area contributed by atoms with E-state index in [-0.39, 0.29) is 21.1 Å². The van der Waals surface area contributed by atoms with Gasteiger partial charge in [-0.25, -0.2) is 0 Å². The summed E-state index contributed by atoms with van der Waals surface area (Å²) in [4.78, 5) is 0. The number of phenols is 1. The average molecular weight is 334 g/mol. The van der Waals surface area contributed by atoms with Gasteiger partial charge in [0.15, 0.2) is 0 Å². The van der Waals surface area contributed by atoms with Crippen molar-refractivity contribution in [2.24, 2.45) is 0 Å². The summed E-state index contributed by atoms with van der Waals surface area (Å²) in [6, 6.07) is 7.53. The van der Waals surface area contributed by atoms with Gasteiger partial charge >= 0.3 is 0 Å². The van der Waals surface area contributed by atoms with Crippen molar-refractivity contribution in [2.75, 3.05) is 0 Å². The van der Waals surface area contributed by atoms with Gasteiger partial charge in [0.25, 0.3) is 0 Å². The van der Waals surface area contributed by atoms with Crippen LogP contribution in [0.3, 0.4) is 0 Å². The quantitative estimate of drug-likeness (QED) is 0.901. The van der Waals surface area contributed by atoms with Crippen molar-refractivity contribution >= 4 is 0 Å². The molecular formula is C10H14OW. The Morgan fingerprint density at radius 3 is 2.50 bits per heavy atom. The van der Waals surface area contributed by atoms with Crippen LogP contribution in [0.4, 0.5) is 0 Å². The number of benzene rings is 1. The van der Waals surface area contributed by atoms with Crippen molar-refractivity contribution in [3.8, 4) is 5.75 Å². The SMILES string of the molecule is CCCCc1ccccc1O.[W]. The molecule has 1 rings (SSSR count). The largest absolute Gasteiger partial charge is 0.508 e. The summed E-state index contributed by atoms with van der Waals surface area (Å²) >= 11 is 0. The Hall–Kier alpha value is -0.292. The van der Waals surface area contributed by atoms with E-state index in [4.69, 9.17) is 0 Å². The molecule has 0 fully saturated rings. The van der Waals surface area contributed by atoms with Crippen LogP contribution in [0.1, 0.15) is 25.3 Å². The van der Waals surface area contributed by atoms with E-state index in [1.165, 1.54) is 6.42 Å². The first-order chi connectivity index (χ1) is 5.34. The predicted molar refractivity (Wildman–Crippen MR) is 46.7 cm³/mol. The van der Waals surface area contributed by atoms with Crippen LogP contribution < -0.4 is 0 Å². The van der Waals surface area contributed by atoms with Gasteiger partial charge in [-0.3, -0.25) is 0 Å². The molecular weight excluding hydrogens is 320 g/mol. The van der Waals surface area contributed by atoms with Gasteiger partial charge in [0.05, 0.1) is 0 Å². The summed E-state index contributed by atoms with van der Waals surface area (Å²) in [6.07, 6.45) is 3.31. The molecule has 0 bridgehead atoms. The maximum Gasteiger partial charge on any atom is 0.118 e. The number of hydrogen-bond donors (Lipinski definition) is 1. The van der Waals surface area contributed by atoms with Crippen molar-refractivity contribution in [1.29, 1.82) is 0 Å². The molecule has 0 atom stereocenters. The topological polar surface area (TPSA) is 20.2 Å². The fourth-order valence-corrected chi connectivity index (χ4v) is 1.09. The number of rotatable bonds is 3. The van der Waals surface area contributed by atoms with Gasteiger partial charge in [-0.05, 0) is 24.5 Å². The molecule has 12 heavy (non-hydrogen) atoms. The van der Waals surface area contributed by atoms with Crippen LogP contribution in [-0.2, 0) is 27.5 Å². The molecule has 0 spiro atoms. The van der Waals surface area contributed by atoms with Gasteiger partial charge in [0.2, 0.25) is 0 Å². The fourth-order valence-electron chi connectivity index (χ4n) is 1.09. The molecule has 1 aromatic carbocycles.